The Bertz CT molecular complexity index is 544. The Balaban J connectivity index is 2.57. The van der Waals surface area contributed by atoms with E-state index in [2.05, 4.69) is 59.4 Å². The van der Waals surface area contributed by atoms with Crippen LogP contribution in [0, 0.1) is 13.8 Å². The second kappa shape index (κ2) is 6.08. The molecule has 0 aliphatic heterocycles. The minimum absolute atomic E-state index is 0.102. The molecular formula is C16H17BrClN. The highest BCUT2D eigenvalue weighted by Gasteiger charge is 2.18. The summed E-state index contributed by atoms with van der Waals surface area (Å²) in [7, 11) is 1.96. The van der Waals surface area contributed by atoms with Crippen LogP contribution >= 0.6 is 27.5 Å². The molecule has 0 heterocycles. The van der Waals surface area contributed by atoms with Crippen molar-refractivity contribution < 1.29 is 0 Å². The van der Waals surface area contributed by atoms with Crippen LogP contribution in [0.15, 0.2) is 40.9 Å². The van der Waals surface area contributed by atoms with E-state index in [0.717, 1.165) is 15.1 Å². The Labute approximate surface area is 128 Å². The smallest absolute Gasteiger partial charge is 0.0599 e. The summed E-state index contributed by atoms with van der Waals surface area (Å²) in [5.41, 5.74) is 4.96. The zero-order chi connectivity index (χ0) is 14.0. The molecule has 0 aliphatic carbocycles. The average molecular weight is 339 g/mol. The number of nitrogens with one attached hydrogen (secondary N) is 1. The van der Waals surface area contributed by atoms with Crippen molar-refractivity contribution in [2.24, 2.45) is 0 Å². The van der Waals surface area contributed by atoms with Gasteiger partial charge in [-0.15, -0.1) is 0 Å². The number of rotatable bonds is 3. The fourth-order valence-electron chi connectivity index (χ4n) is 2.31. The van der Waals surface area contributed by atoms with E-state index in [1.807, 2.05) is 19.2 Å². The Morgan fingerprint density at radius 3 is 2.37 bits per heavy atom. The maximum Gasteiger partial charge on any atom is 0.0599 e. The summed E-state index contributed by atoms with van der Waals surface area (Å²) >= 11 is 9.91. The molecule has 1 unspecified atom stereocenters. The standard InChI is InChI=1S/C16H17BrClN/c1-10-6-4-7-12(11(10)2)16(19-3)13-8-5-9-14(17)15(13)18/h4-9,16,19H,1-3H3. The third-order valence-electron chi connectivity index (χ3n) is 3.54. The fraction of sp³-hybridized carbons (Fsp3) is 0.250. The summed E-state index contributed by atoms with van der Waals surface area (Å²) in [5, 5.41) is 4.13. The van der Waals surface area contributed by atoms with Crippen molar-refractivity contribution in [3.05, 3.63) is 68.1 Å². The molecule has 3 heteroatoms. The molecule has 0 spiro atoms. The molecule has 0 saturated carbocycles. The lowest BCUT2D eigenvalue weighted by Crippen LogP contribution is -2.19. The van der Waals surface area contributed by atoms with Crippen molar-refractivity contribution in [3.63, 3.8) is 0 Å². The zero-order valence-corrected chi connectivity index (χ0v) is 13.6. The largest absolute Gasteiger partial charge is 0.309 e. The summed E-state index contributed by atoms with van der Waals surface area (Å²) in [6.45, 7) is 4.29. The Hall–Kier alpha value is -0.830. The Kier molecular flexibility index (Phi) is 4.67. The monoisotopic (exact) mass is 337 g/mol. The number of hydrogen-bond acceptors (Lipinski definition) is 1. The summed E-state index contributed by atoms with van der Waals surface area (Å²) in [5.74, 6) is 0. The minimum Gasteiger partial charge on any atom is -0.309 e. The quantitative estimate of drug-likeness (QED) is 0.828. The maximum atomic E-state index is 6.42. The van der Waals surface area contributed by atoms with Gasteiger partial charge in [0.2, 0.25) is 0 Å². The summed E-state index contributed by atoms with van der Waals surface area (Å²) < 4.78 is 0.928. The number of aryl methyl sites for hydroxylation is 1. The van der Waals surface area contributed by atoms with Crippen LogP contribution in [0.2, 0.25) is 5.02 Å². The predicted molar refractivity (Wildman–Crippen MR) is 86.0 cm³/mol. The van der Waals surface area contributed by atoms with E-state index in [-0.39, 0.29) is 6.04 Å². The lowest BCUT2D eigenvalue weighted by Gasteiger charge is -2.22. The zero-order valence-electron chi connectivity index (χ0n) is 11.3. The van der Waals surface area contributed by atoms with Crippen LogP contribution in [0.5, 0.6) is 0 Å². The van der Waals surface area contributed by atoms with Crippen LogP contribution in [0.3, 0.4) is 0 Å². The first-order valence-corrected chi connectivity index (χ1v) is 7.40. The van der Waals surface area contributed by atoms with Gasteiger partial charge in [-0.25, -0.2) is 0 Å². The highest BCUT2D eigenvalue weighted by atomic mass is 79.9. The van der Waals surface area contributed by atoms with E-state index in [0.29, 0.717) is 0 Å². The predicted octanol–water partition coefficient (Wildman–Crippen LogP) is 5.03. The van der Waals surface area contributed by atoms with E-state index in [1.54, 1.807) is 0 Å². The number of benzene rings is 2. The van der Waals surface area contributed by atoms with Crippen molar-refractivity contribution in [2.45, 2.75) is 19.9 Å². The maximum absolute atomic E-state index is 6.42. The lowest BCUT2D eigenvalue weighted by molar-refractivity contribution is 0.686. The van der Waals surface area contributed by atoms with Crippen molar-refractivity contribution in [1.29, 1.82) is 0 Å². The molecule has 0 saturated heterocycles. The van der Waals surface area contributed by atoms with Gasteiger partial charge in [-0.3, -0.25) is 0 Å². The average Bonchev–Trinajstić information content (AvgIpc) is 2.40. The van der Waals surface area contributed by atoms with Crippen molar-refractivity contribution >= 4 is 27.5 Å². The van der Waals surface area contributed by atoms with Crippen molar-refractivity contribution in [1.82, 2.24) is 5.32 Å². The summed E-state index contributed by atoms with van der Waals surface area (Å²) in [4.78, 5) is 0. The molecule has 0 aromatic heterocycles. The van der Waals surface area contributed by atoms with Gasteiger partial charge in [-0.1, -0.05) is 41.9 Å². The number of hydrogen-bond donors (Lipinski definition) is 1. The van der Waals surface area contributed by atoms with Crippen LogP contribution in [-0.2, 0) is 0 Å². The molecule has 1 nitrogen and oxygen atoms in total. The molecule has 1 atom stereocenters. The van der Waals surface area contributed by atoms with Crippen LogP contribution < -0.4 is 5.32 Å². The first-order valence-electron chi connectivity index (χ1n) is 6.23. The van der Waals surface area contributed by atoms with Gasteiger partial charge in [0.05, 0.1) is 11.1 Å². The molecule has 0 aliphatic rings. The first-order chi connectivity index (χ1) is 9.06. The van der Waals surface area contributed by atoms with E-state index >= 15 is 0 Å². The molecule has 0 amide bonds. The second-order valence-corrected chi connectivity index (χ2v) is 5.89. The second-order valence-electron chi connectivity index (χ2n) is 4.65. The van der Waals surface area contributed by atoms with Crippen molar-refractivity contribution in [3.8, 4) is 0 Å². The molecule has 100 valence electrons. The highest BCUT2D eigenvalue weighted by Crippen LogP contribution is 2.34. The molecule has 2 aromatic rings. The summed E-state index contributed by atoms with van der Waals surface area (Å²) in [6, 6.07) is 12.5. The van der Waals surface area contributed by atoms with Crippen LogP contribution in [0.25, 0.3) is 0 Å². The fourth-order valence-corrected chi connectivity index (χ4v) is 2.93. The van der Waals surface area contributed by atoms with Gasteiger partial charge in [0.1, 0.15) is 0 Å². The van der Waals surface area contributed by atoms with E-state index in [4.69, 9.17) is 11.6 Å². The normalized spacial score (nSPS) is 12.5. The summed E-state index contributed by atoms with van der Waals surface area (Å²) in [6.07, 6.45) is 0. The van der Waals surface area contributed by atoms with E-state index < -0.39 is 0 Å². The molecule has 1 N–H and O–H groups in total. The van der Waals surface area contributed by atoms with E-state index in [1.165, 1.54) is 16.7 Å². The van der Waals surface area contributed by atoms with Gasteiger partial charge in [0.25, 0.3) is 0 Å². The van der Waals surface area contributed by atoms with Gasteiger partial charge in [0.15, 0.2) is 0 Å². The number of halogens is 2. The van der Waals surface area contributed by atoms with E-state index in [9.17, 15) is 0 Å². The topological polar surface area (TPSA) is 12.0 Å². The highest BCUT2D eigenvalue weighted by molar-refractivity contribution is 9.10. The molecule has 19 heavy (non-hydrogen) atoms. The van der Waals surface area contributed by atoms with Gasteiger partial charge in [-0.05, 0) is 65.1 Å². The van der Waals surface area contributed by atoms with Gasteiger partial charge in [0, 0.05) is 4.47 Å². The van der Waals surface area contributed by atoms with Crippen LogP contribution in [-0.4, -0.2) is 7.05 Å². The van der Waals surface area contributed by atoms with Gasteiger partial charge >= 0.3 is 0 Å². The Morgan fingerprint density at radius 1 is 1.05 bits per heavy atom. The molecule has 2 aromatic carbocycles. The van der Waals surface area contributed by atoms with Gasteiger partial charge in [-0.2, -0.15) is 0 Å². The third kappa shape index (κ3) is 2.86. The minimum atomic E-state index is 0.102. The molecular weight excluding hydrogens is 322 g/mol. The van der Waals surface area contributed by atoms with Crippen molar-refractivity contribution in [2.75, 3.05) is 7.05 Å². The molecule has 2 rings (SSSR count). The SMILES string of the molecule is CNC(c1cccc(C)c1C)c1cccc(Br)c1Cl. The molecule has 0 fully saturated rings. The third-order valence-corrected chi connectivity index (χ3v) is 4.85. The lowest BCUT2D eigenvalue weighted by atomic mass is 9.93. The van der Waals surface area contributed by atoms with Crippen LogP contribution in [0.1, 0.15) is 28.3 Å². The molecule has 0 bridgehead atoms. The molecule has 0 radical (unpaired) electrons. The first kappa shape index (κ1) is 14.6. The Morgan fingerprint density at radius 2 is 1.68 bits per heavy atom. The van der Waals surface area contributed by atoms with Crippen LogP contribution in [0.4, 0.5) is 0 Å². The van der Waals surface area contributed by atoms with Gasteiger partial charge < -0.3 is 5.32 Å².